The van der Waals surface area contributed by atoms with Crippen LogP contribution in [0.4, 0.5) is 5.13 Å². The lowest BCUT2D eigenvalue weighted by Crippen LogP contribution is -2.36. The number of nitrogens with zero attached hydrogens (tertiary/aromatic N) is 2. The van der Waals surface area contributed by atoms with E-state index < -0.39 is 0 Å². The van der Waals surface area contributed by atoms with E-state index in [0.29, 0.717) is 0 Å². The van der Waals surface area contributed by atoms with E-state index in [1.807, 2.05) is 12.1 Å². The van der Waals surface area contributed by atoms with Gasteiger partial charge in [0.2, 0.25) is 0 Å². The summed E-state index contributed by atoms with van der Waals surface area (Å²) in [6.07, 6.45) is 0. The lowest BCUT2D eigenvalue weighted by molar-refractivity contribution is 0.122. The van der Waals surface area contributed by atoms with E-state index in [2.05, 4.69) is 15.3 Å². The summed E-state index contributed by atoms with van der Waals surface area (Å²) < 4.78 is 6.14. The van der Waals surface area contributed by atoms with Crippen LogP contribution in [0.5, 0.6) is 0 Å². The van der Waals surface area contributed by atoms with Crippen LogP contribution in [0, 0.1) is 0 Å². The maximum atomic E-state index is 5.93. The standard InChI is InChI=1S/C11H11ClN2OS2/c12-10-2-1-9(17-10)8-7-16-11(13-8)14-3-5-15-6-4-14/h1-2,7H,3-6H2. The second kappa shape index (κ2) is 4.94. The Hall–Kier alpha value is -0.620. The molecule has 0 aliphatic carbocycles. The van der Waals surface area contributed by atoms with Crippen LogP contribution < -0.4 is 4.90 Å². The van der Waals surface area contributed by atoms with E-state index >= 15 is 0 Å². The molecule has 0 radical (unpaired) electrons. The molecule has 3 rings (SSSR count). The highest BCUT2D eigenvalue weighted by molar-refractivity contribution is 7.20. The number of thiophene rings is 1. The molecule has 3 nitrogen and oxygen atoms in total. The van der Waals surface area contributed by atoms with Gasteiger partial charge in [0.1, 0.15) is 0 Å². The van der Waals surface area contributed by atoms with Gasteiger partial charge in [-0.1, -0.05) is 11.6 Å². The summed E-state index contributed by atoms with van der Waals surface area (Å²) in [5.41, 5.74) is 1.02. The topological polar surface area (TPSA) is 25.4 Å². The molecule has 1 saturated heterocycles. The van der Waals surface area contributed by atoms with Crippen molar-refractivity contribution in [1.82, 2.24) is 4.98 Å². The number of ether oxygens (including phenoxy) is 1. The molecule has 6 heteroatoms. The molecule has 0 bridgehead atoms. The Morgan fingerprint density at radius 1 is 1.29 bits per heavy atom. The van der Waals surface area contributed by atoms with Crippen molar-refractivity contribution in [2.75, 3.05) is 31.2 Å². The Morgan fingerprint density at radius 2 is 2.12 bits per heavy atom. The molecule has 3 heterocycles. The molecule has 2 aromatic rings. The van der Waals surface area contributed by atoms with Gasteiger partial charge in [0.15, 0.2) is 5.13 Å². The third-order valence-corrected chi connectivity index (χ3v) is 4.75. The molecule has 0 N–H and O–H groups in total. The fourth-order valence-corrected chi connectivity index (χ4v) is 3.69. The van der Waals surface area contributed by atoms with Crippen molar-refractivity contribution in [3.63, 3.8) is 0 Å². The first kappa shape index (κ1) is 11.5. The van der Waals surface area contributed by atoms with Gasteiger partial charge in [-0.3, -0.25) is 0 Å². The molecule has 1 aliphatic heterocycles. The molecule has 17 heavy (non-hydrogen) atoms. The molecule has 0 saturated carbocycles. The predicted octanol–water partition coefficient (Wildman–Crippen LogP) is 3.36. The molecule has 0 unspecified atom stereocenters. The minimum atomic E-state index is 0.791. The molecule has 1 aliphatic rings. The van der Waals surface area contributed by atoms with Crippen LogP contribution in [0.15, 0.2) is 17.5 Å². The van der Waals surface area contributed by atoms with Crippen LogP contribution in [0.3, 0.4) is 0 Å². The van der Waals surface area contributed by atoms with Crippen LogP contribution in [-0.2, 0) is 4.74 Å². The van der Waals surface area contributed by atoms with E-state index in [9.17, 15) is 0 Å². The fraction of sp³-hybridized carbons (Fsp3) is 0.364. The molecule has 0 amide bonds. The molecular weight excluding hydrogens is 276 g/mol. The van der Waals surface area contributed by atoms with Gasteiger partial charge in [-0.15, -0.1) is 22.7 Å². The zero-order valence-corrected chi connectivity index (χ0v) is 11.4. The lowest BCUT2D eigenvalue weighted by atomic mass is 10.4. The van der Waals surface area contributed by atoms with Crippen molar-refractivity contribution >= 4 is 39.4 Å². The zero-order valence-electron chi connectivity index (χ0n) is 9.06. The van der Waals surface area contributed by atoms with Crippen molar-refractivity contribution in [1.29, 1.82) is 0 Å². The lowest BCUT2D eigenvalue weighted by Gasteiger charge is -2.25. The zero-order chi connectivity index (χ0) is 11.7. The number of anilines is 1. The maximum Gasteiger partial charge on any atom is 0.186 e. The second-order valence-corrected chi connectivity index (χ2v) is 6.27. The van der Waals surface area contributed by atoms with Gasteiger partial charge in [0, 0.05) is 18.5 Å². The first-order chi connectivity index (χ1) is 8.33. The SMILES string of the molecule is Clc1ccc(-c2csc(N3CCOCC3)n2)s1. The van der Waals surface area contributed by atoms with Gasteiger partial charge >= 0.3 is 0 Å². The summed E-state index contributed by atoms with van der Waals surface area (Å²) in [7, 11) is 0. The van der Waals surface area contributed by atoms with Crippen LogP contribution >= 0.6 is 34.3 Å². The smallest absolute Gasteiger partial charge is 0.186 e. The van der Waals surface area contributed by atoms with Crippen LogP contribution in [0.1, 0.15) is 0 Å². The average molecular weight is 287 g/mol. The Kier molecular flexibility index (Phi) is 3.33. The highest BCUT2D eigenvalue weighted by atomic mass is 35.5. The summed E-state index contributed by atoms with van der Waals surface area (Å²) >= 11 is 9.18. The molecule has 0 atom stereocenters. The van der Waals surface area contributed by atoms with Crippen molar-refractivity contribution in [3.8, 4) is 10.6 Å². The van der Waals surface area contributed by atoms with Gasteiger partial charge in [-0.05, 0) is 12.1 Å². The number of hydrogen-bond donors (Lipinski definition) is 0. The quantitative estimate of drug-likeness (QED) is 0.846. The normalized spacial score (nSPS) is 16.4. The number of rotatable bonds is 2. The molecular formula is C11H11ClN2OS2. The summed E-state index contributed by atoms with van der Waals surface area (Å²) in [6, 6.07) is 3.93. The first-order valence-corrected chi connectivity index (χ1v) is 7.44. The van der Waals surface area contributed by atoms with Crippen molar-refractivity contribution in [2.45, 2.75) is 0 Å². The fourth-order valence-electron chi connectivity index (χ4n) is 1.73. The van der Waals surface area contributed by atoms with Gasteiger partial charge in [-0.25, -0.2) is 4.98 Å². The van der Waals surface area contributed by atoms with Crippen LogP contribution in [-0.4, -0.2) is 31.3 Å². The van der Waals surface area contributed by atoms with Crippen molar-refractivity contribution < 1.29 is 4.74 Å². The summed E-state index contributed by atoms with van der Waals surface area (Å²) in [5.74, 6) is 0. The highest BCUT2D eigenvalue weighted by Crippen LogP contribution is 2.33. The number of thiazole rings is 1. The monoisotopic (exact) mass is 286 g/mol. The Balaban J connectivity index is 1.82. The maximum absolute atomic E-state index is 5.93. The minimum Gasteiger partial charge on any atom is -0.378 e. The van der Waals surface area contributed by atoms with E-state index in [0.717, 1.165) is 46.3 Å². The molecule has 0 spiro atoms. The predicted molar refractivity (Wildman–Crippen MR) is 73.5 cm³/mol. The Morgan fingerprint density at radius 3 is 2.82 bits per heavy atom. The minimum absolute atomic E-state index is 0.791. The molecule has 2 aromatic heterocycles. The molecule has 1 fully saturated rings. The largest absolute Gasteiger partial charge is 0.378 e. The third kappa shape index (κ3) is 2.47. The third-order valence-electron chi connectivity index (χ3n) is 2.60. The number of morpholine rings is 1. The Bertz CT molecular complexity index is 505. The summed E-state index contributed by atoms with van der Waals surface area (Å²) in [4.78, 5) is 8.06. The second-order valence-electron chi connectivity index (χ2n) is 3.72. The van der Waals surface area contributed by atoms with Gasteiger partial charge in [-0.2, -0.15) is 0 Å². The van der Waals surface area contributed by atoms with Crippen LogP contribution in [0.2, 0.25) is 4.34 Å². The van der Waals surface area contributed by atoms with E-state index in [-0.39, 0.29) is 0 Å². The first-order valence-electron chi connectivity index (χ1n) is 5.37. The van der Waals surface area contributed by atoms with Gasteiger partial charge in [0.25, 0.3) is 0 Å². The summed E-state index contributed by atoms with van der Waals surface area (Å²) in [6.45, 7) is 3.44. The van der Waals surface area contributed by atoms with Crippen molar-refractivity contribution in [2.24, 2.45) is 0 Å². The van der Waals surface area contributed by atoms with E-state index in [1.165, 1.54) is 0 Å². The highest BCUT2D eigenvalue weighted by Gasteiger charge is 2.15. The van der Waals surface area contributed by atoms with Gasteiger partial charge in [0.05, 0.1) is 28.1 Å². The van der Waals surface area contributed by atoms with Crippen LogP contribution in [0.25, 0.3) is 10.6 Å². The van der Waals surface area contributed by atoms with Crippen molar-refractivity contribution in [3.05, 3.63) is 21.8 Å². The Labute approximate surface area is 113 Å². The van der Waals surface area contributed by atoms with E-state index in [4.69, 9.17) is 16.3 Å². The number of aromatic nitrogens is 1. The average Bonchev–Trinajstić information content (AvgIpc) is 2.98. The number of halogens is 1. The van der Waals surface area contributed by atoms with Gasteiger partial charge < -0.3 is 9.64 Å². The summed E-state index contributed by atoms with van der Waals surface area (Å²) in [5, 5.41) is 3.17. The van der Waals surface area contributed by atoms with E-state index in [1.54, 1.807) is 22.7 Å². The number of hydrogen-bond acceptors (Lipinski definition) is 5. The molecule has 90 valence electrons. The molecule has 0 aromatic carbocycles.